The van der Waals surface area contributed by atoms with Gasteiger partial charge in [0.25, 0.3) is 0 Å². The van der Waals surface area contributed by atoms with E-state index in [1.165, 1.54) is 122 Å². The molecule has 0 bridgehead atoms. The third-order valence-electron chi connectivity index (χ3n) is 9.68. The molecule has 0 heterocycles. The van der Waals surface area contributed by atoms with Crippen molar-refractivity contribution < 1.29 is 28.6 Å². The lowest BCUT2D eigenvalue weighted by molar-refractivity contribution is -0.167. The molecule has 1 unspecified atom stereocenters. The van der Waals surface area contributed by atoms with Crippen LogP contribution in [0.4, 0.5) is 0 Å². The topological polar surface area (TPSA) is 78.9 Å². The first kappa shape index (κ1) is 49.9. The Morgan fingerprint density at radius 1 is 0.365 bits per heavy atom. The summed E-state index contributed by atoms with van der Waals surface area (Å²) in [6.45, 7) is 6.51. The standard InChI is InChI=1S/C46H84O6/c1-4-7-10-13-15-17-19-21-22-23-24-25-27-28-30-33-36-39-45(48)51-42-43(41-50-44(47)38-35-32-12-9-6-3)52-46(49)40-37-34-31-29-26-20-18-16-14-11-8-5-2/h16,18,21-22,43H,4-15,17,19-20,23-42H2,1-3H3/b18-16-,22-21-. The highest BCUT2D eigenvalue weighted by molar-refractivity contribution is 5.71. The maximum Gasteiger partial charge on any atom is 0.306 e. The van der Waals surface area contributed by atoms with Gasteiger partial charge in [0.15, 0.2) is 6.10 Å². The minimum absolute atomic E-state index is 0.0757. The zero-order chi connectivity index (χ0) is 38.0. The minimum Gasteiger partial charge on any atom is -0.462 e. The SMILES string of the molecule is CCCCC/C=C\CCCCCCCC(=O)OC(COC(=O)CCCCCCC)COC(=O)CCCCCCCCC/C=C\CCCCCCCC. The maximum absolute atomic E-state index is 12.6. The number of rotatable bonds is 40. The first-order chi connectivity index (χ1) is 25.5. The van der Waals surface area contributed by atoms with E-state index in [4.69, 9.17) is 14.2 Å². The van der Waals surface area contributed by atoms with Crippen molar-refractivity contribution in [1.82, 2.24) is 0 Å². The summed E-state index contributed by atoms with van der Waals surface area (Å²) in [7, 11) is 0. The predicted molar refractivity (Wildman–Crippen MR) is 219 cm³/mol. The van der Waals surface area contributed by atoms with Gasteiger partial charge in [0.2, 0.25) is 0 Å². The predicted octanol–water partition coefficient (Wildman–Crippen LogP) is 14.0. The smallest absolute Gasteiger partial charge is 0.306 e. The summed E-state index contributed by atoms with van der Waals surface area (Å²) in [5, 5.41) is 0. The summed E-state index contributed by atoms with van der Waals surface area (Å²) in [5.41, 5.74) is 0. The van der Waals surface area contributed by atoms with Crippen LogP contribution in [0.5, 0.6) is 0 Å². The van der Waals surface area contributed by atoms with E-state index < -0.39 is 6.10 Å². The van der Waals surface area contributed by atoms with Crippen LogP contribution in [0.15, 0.2) is 24.3 Å². The van der Waals surface area contributed by atoms with Crippen LogP contribution in [-0.4, -0.2) is 37.2 Å². The van der Waals surface area contributed by atoms with E-state index in [0.717, 1.165) is 70.6 Å². The van der Waals surface area contributed by atoms with Gasteiger partial charge in [0, 0.05) is 19.3 Å². The molecule has 52 heavy (non-hydrogen) atoms. The average molecular weight is 733 g/mol. The molecule has 0 aliphatic rings. The number of unbranched alkanes of at least 4 members (excludes halogenated alkanes) is 25. The molecule has 0 aromatic rings. The number of allylic oxidation sites excluding steroid dienone is 4. The highest BCUT2D eigenvalue weighted by atomic mass is 16.6. The largest absolute Gasteiger partial charge is 0.462 e. The van der Waals surface area contributed by atoms with E-state index in [9.17, 15) is 14.4 Å². The summed E-state index contributed by atoms with van der Waals surface area (Å²) in [5.74, 6) is -0.901. The molecule has 0 rings (SSSR count). The van der Waals surface area contributed by atoms with Gasteiger partial charge in [-0.25, -0.2) is 0 Å². The molecule has 0 aliphatic heterocycles. The monoisotopic (exact) mass is 733 g/mol. The normalized spacial score (nSPS) is 12.1. The molecule has 0 aromatic carbocycles. The number of carbonyl (C=O) groups excluding carboxylic acids is 3. The first-order valence-electron chi connectivity index (χ1n) is 22.3. The second kappa shape index (κ2) is 41.6. The molecule has 0 saturated heterocycles. The fraction of sp³-hybridized carbons (Fsp3) is 0.848. The van der Waals surface area contributed by atoms with Gasteiger partial charge in [-0.15, -0.1) is 0 Å². The Kier molecular flexibility index (Phi) is 40.0. The molecule has 304 valence electrons. The molecule has 1 atom stereocenters. The molecular weight excluding hydrogens is 648 g/mol. The second-order valence-corrected chi connectivity index (χ2v) is 15.0. The van der Waals surface area contributed by atoms with Crippen molar-refractivity contribution in [2.24, 2.45) is 0 Å². The van der Waals surface area contributed by atoms with E-state index in [1.807, 2.05) is 0 Å². The summed E-state index contributed by atoms with van der Waals surface area (Å²) in [4.78, 5) is 37.4. The second-order valence-electron chi connectivity index (χ2n) is 15.0. The van der Waals surface area contributed by atoms with Crippen LogP contribution in [-0.2, 0) is 28.6 Å². The lowest BCUT2D eigenvalue weighted by Crippen LogP contribution is -2.30. The van der Waals surface area contributed by atoms with Crippen LogP contribution >= 0.6 is 0 Å². The van der Waals surface area contributed by atoms with Crippen molar-refractivity contribution in [3.8, 4) is 0 Å². The third-order valence-corrected chi connectivity index (χ3v) is 9.68. The van der Waals surface area contributed by atoms with Crippen LogP contribution in [0, 0.1) is 0 Å². The molecule has 6 heteroatoms. The molecule has 6 nitrogen and oxygen atoms in total. The van der Waals surface area contributed by atoms with Crippen molar-refractivity contribution in [3.05, 3.63) is 24.3 Å². The lowest BCUT2D eigenvalue weighted by Gasteiger charge is -2.18. The van der Waals surface area contributed by atoms with Crippen molar-refractivity contribution in [3.63, 3.8) is 0 Å². The molecule has 0 radical (unpaired) electrons. The van der Waals surface area contributed by atoms with Gasteiger partial charge >= 0.3 is 17.9 Å². The number of carbonyl (C=O) groups is 3. The lowest BCUT2D eigenvalue weighted by atomic mass is 10.1. The van der Waals surface area contributed by atoms with Crippen LogP contribution in [0.3, 0.4) is 0 Å². The van der Waals surface area contributed by atoms with Crippen molar-refractivity contribution >= 4 is 17.9 Å². The molecular formula is C46H84O6. The quantitative estimate of drug-likeness (QED) is 0.0270. The van der Waals surface area contributed by atoms with Gasteiger partial charge in [-0.2, -0.15) is 0 Å². The molecule has 0 amide bonds. The van der Waals surface area contributed by atoms with Gasteiger partial charge in [-0.05, 0) is 70.6 Å². The molecule has 0 saturated carbocycles. The fourth-order valence-corrected chi connectivity index (χ4v) is 6.25. The van der Waals surface area contributed by atoms with E-state index in [0.29, 0.717) is 19.3 Å². The zero-order valence-corrected chi connectivity index (χ0v) is 34.6. The molecule has 0 aliphatic carbocycles. The Morgan fingerprint density at radius 3 is 1.00 bits per heavy atom. The minimum atomic E-state index is -0.769. The van der Waals surface area contributed by atoms with E-state index in [1.54, 1.807) is 0 Å². The number of esters is 3. The van der Waals surface area contributed by atoms with Crippen molar-refractivity contribution in [2.75, 3.05) is 13.2 Å². The zero-order valence-electron chi connectivity index (χ0n) is 34.6. The van der Waals surface area contributed by atoms with E-state index in [-0.39, 0.29) is 31.1 Å². The van der Waals surface area contributed by atoms with Crippen molar-refractivity contribution in [1.29, 1.82) is 0 Å². The molecule has 0 N–H and O–H groups in total. The Bertz CT molecular complexity index is 850. The summed E-state index contributed by atoms with van der Waals surface area (Å²) in [6.07, 6.45) is 44.7. The number of ether oxygens (including phenoxy) is 3. The van der Waals surface area contributed by atoms with Crippen LogP contribution in [0.25, 0.3) is 0 Å². The van der Waals surface area contributed by atoms with Crippen molar-refractivity contribution in [2.45, 2.75) is 239 Å². The maximum atomic E-state index is 12.6. The summed E-state index contributed by atoms with van der Waals surface area (Å²) < 4.78 is 16.6. The highest BCUT2D eigenvalue weighted by Crippen LogP contribution is 2.14. The molecule has 0 aromatic heterocycles. The Labute approximate surface area is 322 Å². The highest BCUT2D eigenvalue weighted by Gasteiger charge is 2.19. The Morgan fingerprint density at radius 2 is 0.635 bits per heavy atom. The van der Waals surface area contributed by atoms with Gasteiger partial charge in [-0.3, -0.25) is 14.4 Å². The van der Waals surface area contributed by atoms with Crippen LogP contribution < -0.4 is 0 Å². The van der Waals surface area contributed by atoms with Crippen LogP contribution in [0.2, 0.25) is 0 Å². The molecule has 0 fully saturated rings. The number of hydrogen-bond acceptors (Lipinski definition) is 6. The fourth-order valence-electron chi connectivity index (χ4n) is 6.25. The van der Waals surface area contributed by atoms with Gasteiger partial charge in [0.05, 0.1) is 0 Å². The molecule has 0 spiro atoms. The van der Waals surface area contributed by atoms with E-state index >= 15 is 0 Å². The van der Waals surface area contributed by atoms with Gasteiger partial charge < -0.3 is 14.2 Å². The summed E-state index contributed by atoms with van der Waals surface area (Å²) >= 11 is 0. The van der Waals surface area contributed by atoms with Gasteiger partial charge in [-0.1, -0.05) is 167 Å². The number of hydrogen-bond donors (Lipinski definition) is 0. The Hall–Kier alpha value is -2.11. The Balaban J connectivity index is 4.21. The summed E-state index contributed by atoms with van der Waals surface area (Å²) in [6, 6.07) is 0. The first-order valence-corrected chi connectivity index (χ1v) is 22.3. The third kappa shape index (κ3) is 39.1. The van der Waals surface area contributed by atoms with E-state index in [2.05, 4.69) is 45.1 Å². The van der Waals surface area contributed by atoms with Gasteiger partial charge in [0.1, 0.15) is 13.2 Å². The average Bonchev–Trinajstić information content (AvgIpc) is 3.14. The van der Waals surface area contributed by atoms with Crippen LogP contribution in [0.1, 0.15) is 233 Å².